The molecule has 0 heterocycles. The lowest BCUT2D eigenvalue weighted by molar-refractivity contribution is -0.119. The van der Waals surface area contributed by atoms with Crippen molar-refractivity contribution in [2.75, 3.05) is 20.2 Å². The molecule has 0 fully saturated rings. The van der Waals surface area contributed by atoms with Crippen molar-refractivity contribution in [3.63, 3.8) is 0 Å². The predicted molar refractivity (Wildman–Crippen MR) is 61.9 cm³/mol. The van der Waals surface area contributed by atoms with Gasteiger partial charge >= 0.3 is 0 Å². The van der Waals surface area contributed by atoms with E-state index in [1.165, 1.54) is 7.11 Å². The van der Waals surface area contributed by atoms with Gasteiger partial charge in [0.05, 0.1) is 25.8 Å². The predicted octanol–water partition coefficient (Wildman–Crippen LogP) is 0.400. The third-order valence-corrected chi connectivity index (χ3v) is 2.02. The van der Waals surface area contributed by atoms with Gasteiger partial charge < -0.3 is 15.8 Å². The first-order valence-corrected chi connectivity index (χ1v) is 5.07. The molecule has 1 aromatic carbocycles. The van der Waals surface area contributed by atoms with Crippen LogP contribution in [-0.2, 0) is 4.79 Å². The van der Waals surface area contributed by atoms with Crippen LogP contribution in [0.4, 0.5) is 8.78 Å². The Morgan fingerprint density at radius 1 is 1.44 bits per heavy atom. The summed E-state index contributed by atoms with van der Waals surface area (Å²) in [4.78, 5) is 10.8. The maximum atomic E-state index is 13.4. The summed E-state index contributed by atoms with van der Waals surface area (Å²) in [5.41, 5.74) is 4.69. The Hall–Kier alpha value is -2.13. The van der Waals surface area contributed by atoms with Crippen LogP contribution in [0.1, 0.15) is 5.56 Å². The molecular weight excluding hydrogens is 242 g/mol. The number of hydrogen-bond acceptors (Lipinski definition) is 3. The molecule has 1 rings (SSSR count). The molecule has 1 amide bonds. The second-order valence-electron chi connectivity index (χ2n) is 3.25. The summed E-state index contributed by atoms with van der Waals surface area (Å²) in [5.74, 6) is 2.79. The Bertz CT molecular complexity index is 484. The van der Waals surface area contributed by atoms with Crippen molar-refractivity contribution < 1.29 is 18.3 Å². The topological polar surface area (TPSA) is 64.3 Å². The van der Waals surface area contributed by atoms with Crippen LogP contribution in [0.5, 0.6) is 5.75 Å². The number of carbonyl (C=O) groups is 1. The van der Waals surface area contributed by atoms with Crippen molar-refractivity contribution in [3.8, 4) is 17.6 Å². The number of ether oxygens (including phenoxy) is 1. The van der Waals surface area contributed by atoms with Crippen LogP contribution in [0.25, 0.3) is 0 Å². The molecule has 0 saturated heterocycles. The van der Waals surface area contributed by atoms with E-state index in [0.29, 0.717) is 0 Å². The normalized spacial score (nSPS) is 9.33. The molecule has 0 bridgehead atoms. The van der Waals surface area contributed by atoms with Crippen molar-refractivity contribution in [1.29, 1.82) is 0 Å². The number of hydrogen-bond donors (Lipinski definition) is 2. The monoisotopic (exact) mass is 254 g/mol. The molecule has 0 radical (unpaired) electrons. The molecule has 0 unspecified atom stereocenters. The summed E-state index contributed by atoms with van der Waals surface area (Å²) in [6, 6.07) is 2.07. The van der Waals surface area contributed by atoms with Gasteiger partial charge in [-0.1, -0.05) is 11.8 Å². The Morgan fingerprint density at radius 3 is 2.56 bits per heavy atom. The number of carbonyl (C=O) groups excluding carboxylic acids is 1. The molecule has 1 aromatic rings. The number of halogens is 2. The Labute approximate surface area is 103 Å². The second kappa shape index (κ2) is 6.57. The fourth-order valence-electron chi connectivity index (χ4n) is 1.13. The second-order valence-corrected chi connectivity index (χ2v) is 3.25. The van der Waals surface area contributed by atoms with Crippen molar-refractivity contribution in [3.05, 3.63) is 29.3 Å². The van der Waals surface area contributed by atoms with E-state index in [4.69, 9.17) is 10.5 Å². The molecule has 3 N–H and O–H groups in total. The standard InChI is InChI=1S/C12H12F2N2O2/c1-18-8-5-10(13)9(11(14)6-8)3-2-4-16-12(17)7-15/h5-6H,4,7,15H2,1H3,(H,16,17). The summed E-state index contributed by atoms with van der Waals surface area (Å²) in [5, 5.41) is 2.36. The summed E-state index contributed by atoms with van der Waals surface area (Å²) >= 11 is 0. The highest BCUT2D eigenvalue weighted by Crippen LogP contribution is 2.19. The highest BCUT2D eigenvalue weighted by Gasteiger charge is 2.09. The van der Waals surface area contributed by atoms with Crippen molar-refractivity contribution in [1.82, 2.24) is 5.32 Å². The Balaban J connectivity index is 2.79. The molecule has 96 valence electrons. The molecule has 0 spiro atoms. The van der Waals surface area contributed by atoms with Gasteiger partial charge in [-0.2, -0.15) is 0 Å². The quantitative estimate of drug-likeness (QED) is 0.767. The van der Waals surface area contributed by atoms with Crippen LogP contribution >= 0.6 is 0 Å². The first-order chi connectivity index (χ1) is 8.58. The third-order valence-electron chi connectivity index (χ3n) is 2.02. The van der Waals surface area contributed by atoms with Gasteiger partial charge in [-0.15, -0.1) is 0 Å². The molecule has 4 nitrogen and oxygen atoms in total. The van der Waals surface area contributed by atoms with Gasteiger partial charge in [-0.25, -0.2) is 8.78 Å². The first-order valence-electron chi connectivity index (χ1n) is 5.07. The van der Waals surface area contributed by atoms with E-state index in [2.05, 4.69) is 17.2 Å². The SMILES string of the molecule is COc1cc(F)c(C#CCNC(=O)CN)c(F)c1. The maximum absolute atomic E-state index is 13.4. The van der Waals surface area contributed by atoms with Crippen LogP contribution in [0.2, 0.25) is 0 Å². The van der Waals surface area contributed by atoms with Gasteiger partial charge in [-0.3, -0.25) is 4.79 Å². The largest absolute Gasteiger partial charge is 0.497 e. The Morgan fingerprint density at radius 2 is 2.06 bits per heavy atom. The highest BCUT2D eigenvalue weighted by molar-refractivity contribution is 5.77. The van der Waals surface area contributed by atoms with Gasteiger partial charge in [0, 0.05) is 12.1 Å². The fraction of sp³-hybridized carbons (Fsp3) is 0.250. The molecule has 0 saturated carbocycles. The Kier molecular flexibility index (Phi) is 5.08. The average Bonchev–Trinajstić information content (AvgIpc) is 2.36. The van der Waals surface area contributed by atoms with Crippen LogP contribution in [0, 0.1) is 23.5 Å². The van der Waals surface area contributed by atoms with Gasteiger partial charge in [-0.05, 0) is 0 Å². The van der Waals surface area contributed by atoms with Crippen LogP contribution < -0.4 is 15.8 Å². The zero-order chi connectivity index (χ0) is 13.5. The summed E-state index contributed by atoms with van der Waals surface area (Å²) < 4.78 is 31.5. The lowest BCUT2D eigenvalue weighted by Gasteiger charge is -2.02. The summed E-state index contributed by atoms with van der Waals surface area (Å²) in [6.45, 7) is -0.187. The third kappa shape index (κ3) is 3.71. The minimum atomic E-state index is -0.815. The molecule has 0 aliphatic rings. The average molecular weight is 254 g/mol. The summed E-state index contributed by atoms with van der Waals surface area (Å²) in [6.07, 6.45) is 0. The van der Waals surface area contributed by atoms with Gasteiger partial charge in [0.1, 0.15) is 17.4 Å². The zero-order valence-corrected chi connectivity index (χ0v) is 9.72. The number of rotatable bonds is 3. The highest BCUT2D eigenvalue weighted by atomic mass is 19.1. The molecule has 6 heteroatoms. The summed E-state index contributed by atoms with van der Waals surface area (Å²) in [7, 11) is 1.31. The fourth-order valence-corrected chi connectivity index (χ4v) is 1.13. The van der Waals surface area contributed by atoms with E-state index in [1.807, 2.05) is 0 Å². The molecule has 0 aromatic heterocycles. The minimum absolute atomic E-state index is 0.0268. The van der Waals surface area contributed by atoms with Crippen molar-refractivity contribution >= 4 is 5.91 Å². The smallest absolute Gasteiger partial charge is 0.234 e. The van der Waals surface area contributed by atoms with Crippen molar-refractivity contribution in [2.24, 2.45) is 5.73 Å². The molecule has 18 heavy (non-hydrogen) atoms. The first kappa shape index (κ1) is 13.9. The lowest BCUT2D eigenvalue weighted by atomic mass is 10.2. The van der Waals surface area contributed by atoms with E-state index in [0.717, 1.165) is 12.1 Å². The number of amides is 1. The number of methoxy groups -OCH3 is 1. The van der Waals surface area contributed by atoms with E-state index in [-0.39, 0.29) is 30.3 Å². The van der Waals surface area contributed by atoms with Crippen molar-refractivity contribution in [2.45, 2.75) is 0 Å². The number of nitrogens with two attached hydrogens (primary N) is 1. The number of nitrogens with one attached hydrogen (secondary N) is 1. The van der Waals surface area contributed by atoms with Crippen LogP contribution in [0.15, 0.2) is 12.1 Å². The van der Waals surface area contributed by atoms with E-state index in [1.54, 1.807) is 0 Å². The van der Waals surface area contributed by atoms with Gasteiger partial charge in [0.2, 0.25) is 5.91 Å². The van der Waals surface area contributed by atoms with Crippen LogP contribution in [0.3, 0.4) is 0 Å². The van der Waals surface area contributed by atoms with E-state index < -0.39 is 11.6 Å². The molecule has 0 aliphatic heterocycles. The van der Waals surface area contributed by atoms with Crippen LogP contribution in [-0.4, -0.2) is 26.1 Å². The number of benzene rings is 1. The van der Waals surface area contributed by atoms with E-state index >= 15 is 0 Å². The van der Waals surface area contributed by atoms with Gasteiger partial charge in [0.25, 0.3) is 0 Å². The molecule has 0 atom stereocenters. The molecule has 0 aliphatic carbocycles. The minimum Gasteiger partial charge on any atom is -0.497 e. The van der Waals surface area contributed by atoms with Gasteiger partial charge in [0.15, 0.2) is 0 Å². The lowest BCUT2D eigenvalue weighted by Crippen LogP contribution is -2.30. The zero-order valence-electron chi connectivity index (χ0n) is 9.72. The maximum Gasteiger partial charge on any atom is 0.234 e. The molecular formula is C12H12F2N2O2. The van der Waals surface area contributed by atoms with E-state index in [9.17, 15) is 13.6 Å².